The highest BCUT2D eigenvalue weighted by molar-refractivity contribution is 5.93. The number of hydrogen-bond donors (Lipinski definition) is 0. The van der Waals surface area contributed by atoms with Crippen LogP contribution in [0.4, 0.5) is 0 Å². The molecule has 3 nitrogen and oxygen atoms in total. The molecule has 2 heterocycles. The molecule has 1 unspecified atom stereocenters. The minimum absolute atomic E-state index is 0.00699. The van der Waals surface area contributed by atoms with Crippen molar-refractivity contribution in [2.75, 3.05) is 32.7 Å². The molecule has 0 aliphatic carbocycles. The molecule has 19 heavy (non-hydrogen) atoms. The van der Waals surface area contributed by atoms with Gasteiger partial charge in [0.15, 0.2) is 0 Å². The van der Waals surface area contributed by atoms with Crippen LogP contribution in [-0.2, 0) is 4.79 Å². The predicted octanol–water partition coefficient (Wildman–Crippen LogP) is 1.98. The lowest BCUT2D eigenvalue weighted by Crippen LogP contribution is -2.43. The number of nitrogens with zero attached hydrogens (tertiary/aromatic N) is 2. The summed E-state index contributed by atoms with van der Waals surface area (Å²) in [6, 6.07) is 0. The van der Waals surface area contributed by atoms with Crippen LogP contribution in [0.3, 0.4) is 0 Å². The summed E-state index contributed by atoms with van der Waals surface area (Å²) in [5.74, 6) is 6.97. The van der Waals surface area contributed by atoms with Gasteiger partial charge in [-0.25, -0.2) is 0 Å². The van der Waals surface area contributed by atoms with Gasteiger partial charge in [-0.1, -0.05) is 12.8 Å². The largest absolute Gasteiger partial charge is 0.332 e. The van der Waals surface area contributed by atoms with Crippen LogP contribution in [0.5, 0.6) is 0 Å². The molecule has 2 fully saturated rings. The number of piperidine rings is 2. The molecule has 2 aliphatic heterocycles. The average molecular weight is 262 g/mol. The number of amides is 1. The molecule has 0 N–H and O–H groups in total. The zero-order valence-electron chi connectivity index (χ0n) is 12.3. The van der Waals surface area contributed by atoms with Crippen LogP contribution in [0.25, 0.3) is 0 Å². The fourth-order valence-electron chi connectivity index (χ4n) is 3.32. The van der Waals surface area contributed by atoms with Gasteiger partial charge in [-0.05, 0) is 56.9 Å². The third-order valence-corrected chi connectivity index (χ3v) is 4.39. The van der Waals surface area contributed by atoms with Crippen molar-refractivity contribution in [3.8, 4) is 11.8 Å². The molecule has 0 spiro atoms. The molecule has 0 aromatic heterocycles. The summed E-state index contributed by atoms with van der Waals surface area (Å²) in [6.07, 6.45) is 5.02. The van der Waals surface area contributed by atoms with Crippen LogP contribution in [0.2, 0.25) is 0 Å². The van der Waals surface area contributed by atoms with Crippen molar-refractivity contribution < 1.29 is 4.79 Å². The van der Waals surface area contributed by atoms with Crippen LogP contribution in [-0.4, -0.2) is 48.4 Å². The fraction of sp³-hybridized carbons (Fsp3) is 0.812. The molecule has 106 valence electrons. The number of hydrogen-bond acceptors (Lipinski definition) is 2. The molecule has 0 aromatic rings. The van der Waals surface area contributed by atoms with Crippen LogP contribution in [0.1, 0.15) is 39.5 Å². The highest BCUT2D eigenvalue weighted by Crippen LogP contribution is 2.22. The van der Waals surface area contributed by atoms with E-state index in [4.69, 9.17) is 0 Å². The Hall–Kier alpha value is -1.01. The summed E-state index contributed by atoms with van der Waals surface area (Å²) in [4.78, 5) is 16.2. The Balaban J connectivity index is 1.73. The van der Waals surface area contributed by atoms with Crippen molar-refractivity contribution in [3.05, 3.63) is 0 Å². The quantitative estimate of drug-likeness (QED) is 0.711. The van der Waals surface area contributed by atoms with Crippen molar-refractivity contribution in [1.29, 1.82) is 0 Å². The molecule has 0 aromatic carbocycles. The van der Waals surface area contributed by atoms with E-state index >= 15 is 0 Å². The van der Waals surface area contributed by atoms with Crippen molar-refractivity contribution in [1.82, 2.24) is 9.80 Å². The average Bonchev–Trinajstić information content (AvgIpc) is 2.40. The van der Waals surface area contributed by atoms with Gasteiger partial charge in [0.25, 0.3) is 5.91 Å². The molecule has 0 bridgehead atoms. The van der Waals surface area contributed by atoms with Crippen molar-refractivity contribution in [2.24, 2.45) is 11.8 Å². The Morgan fingerprint density at radius 2 is 1.95 bits per heavy atom. The van der Waals surface area contributed by atoms with Crippen LogP contribution in [0.15, 0.2) is 0 Å². The van der Waals surface area contributed by atoms with Crippen molar-refractivity contribution in [3.63, 3.8) is 0 Å². The maximum absolute atomic E-state index is 11.7. The molecule has 1 amide bonds. The molecular weight excluding hydrogens is 236 g/mol. The SMILES string of the molecule is CC#CC(=O)N1CCC(CN2CCCC(C)C2)CC1. The lowest BCUT2D eigenvalue weighted by molar-refractivity contribution is -0.126. The first-order valence-corrected chi connectivity index (χ1v) is 7.63. The van der Waals surface area contributed by atoms with E-state index in [9.17, 15) is 4.79 Å². The van der Waals surface area contributed by atoms with Gasteiger partial charge in [0.1, 0.15) is 0 Å². The molecule has 2 aliphatic rings. The molecule has 0 saturated carbocycles. The van der Waals surface area contributed by atoms with Crippen LogP contribution < -0.4 is 0 Å². The second-order valence-electron chi connectivity index (χ2n) is 6.12. The van der Waals surface area contributed by atoms with E-state index in [-0.39, 0.29) is 5.91 Å². The van der Waals surface area contributed by atoms with Crippen molar-refractivity contribution >= 4 is 5.91 Å². The summed E-state index contributed by atoms with van der Waals surface area (Å²) in [5, 5.41) is 0. The molecule has 2 rings (SSSR count). The van der Waals surface area contributed by atoms with E-state index in [1.54, 1.807) is 6.92 Å². The minimum atomic E-state index is 0.00699. The molecule has 2 saturated heterocycles. The minimum Gasteiger partial charge on any atom is -0.332 e. The lowest BCUT2D eigenvalue weighted by Gasteiger charge is -2.37. The second-order valence-corrected chi connectivity index (χ2v) is 6.12. The monoisotopic (exact) mass is 262 g/mol. The van der Waals surface area contributed by atoms with E-state index in [0.717, 1.165) is 37.8 Å². The smallest absolute Gasteiger partial charge is 0.298 e. The number of likely N-dealkylation sites (tertiary alicyclic amines) is 2. The van der Waals surface area contributed by atoms with Gasteiger partial charge in [-0.2, -0.15) is 0 Å². The van der Waals surface area contributed by atoms with Gasteiger partial charge >= 0.3 is 0 Å². The zero-order chi connectivity index (χ0) is 13.7. The second kappa shape index (κ2) is 6.96. The maximum Gasteiger partial charge on any atom is 0.298 e. The Labute approximate surface area is 117 Å². The Morgan fingerprint density at radius 3 is 2.58 bits per heavy atom. The molecule has 3 heteroatoms. The van der Waals surface area contributed by atoms with Gasteiger partial charge in [-0.3, -0.25) is 4.79 Å². The fourth-order valence-corrected chi connectivity index (χ4v) is 3.32. The van der Waals surface area contributed by atoms with Crippen molar-refractivity contribution in [2.45, 2.75) is 39.5 Å². The Morgan fingerprint density at radius 1 is 1.21 bits per heavy atom. The highest BCUT2D eigenvalue weighted by atomic mass is 16.2. The van der Waals surface area contributed by atoms with Crippen LogP contribution in [0, 0.1) is 23.7 Å². The summed E-state index contributed by atoms with van der Waals surface area (Å²) in [6.45, 7) is 9.62. The van der Waals surface area contributed by atoms with Gasteiger partial charge in [0, 0.05) is 26.2 Å². The van der Waals surface area contributed by atoms with E-state index < -0.39 is 0 Å². The summed E-state index contributed by atoms with van der Waals surface area (Å²) in [7, 11) is 0. The molecule has 1 atom stereocenters. The summed E-state index contributed by atoms with van der Waals surface area (Å²) < 4.78 is 0. The third-order valence-electron chi connectivity index (χ3n) is 4.39. The molecule has 0 radical (unpaired) electrons. The Kier molecular flexibility index (Phi) is 5.27. The summed E-state index contributed by atoms with van der Waals surface area (Å²) >= 11 is 0. The zero-order valence-corrected chi connectivity index (χ0v) is 12.3. The van der Waals surface area contributed by atoms with E-state index in [1.165, 1.54) is 32.5 Å². The van der Waals surface area contributed by atoms with Gasteiger partial charge in [-0.15, -0.1) is 0 Å². The maximum atomic E-state index is 11.7. The third kappa shape index (κ3) is 4.24. The number of carbonyl (C=O) groups is 1. The first kappa shape index (κ1) is 14.4. The highest BCUT2D eigenvalue weighted by Gasteiger charge is 2.25. The standard InChI is InChI=1S/C16H26N2O/c1-3-5-16(19)18-10-7-15(8-11-18)13-17-9-4-6-14(2)12-17/h14-15H,4,6-13H2,1-2H3. The lowest BCUT2D eigenvalue weighted by atomic mass is 9.93. The van der Waals surface area contributed by atoms with E-state index in [1.807, 2.05) is 4.90 Å². The Bertz CT molecular complexity index is 361. The van der Waals surface area contributed by atoms with E-state index in [2.05, 4.69) is 23.7 Å². The number of carbonyl (C=O) groups excluding carboxylic acids is 1. The van der Waals surface area contributed by atoms with Gasteiger partial charge in [0.05, 0.1) is 0 Å². The topological polar surface area (TPSA) is 23.6 Å². The number of rotatable bonds is 2. The predicted molar refractivity (Wildman–Crippen MR) is 77.6 cm³/mol. The van der Waals surface area contributed by atoms with Crippen LogP contribution >= 0.6 is 0 Å². The van der Waals surface area contributed by atoms with Gasteiger partial charge < -0.3 is 9.80 Å². The first-order chi connectivity index (χ1) is 9.19. The molecular formula is C16H26N2O. The normalized spacial score (nSPS) is 25.8. The van der Waals surface area contributed by atoms with E-state index in [0.29, 0.717) is 0 Å². The first-order valence-electron chi connectivity index (χ1n) is 7.63. The van der Waals surface area contributed by atoms with Gasteiger partial charge in [0.2, 0.25) is 0 Å². The summed E-state index contributed by atoms with van der Waals surface area (Å²) in [5.41, 5.74) is 0.